The van der Waals surface area contributed by atoms with Gasteiger partial charge in [-0.1, -0.05) is 12.1 Å². The number of anilines is 1. The predicted octanol–water partition coefficient (Wildman–Crippen LogP) is 1.76. The quantitative estimate of drug-likeness (QED) is 0.814. The van der Waals surface area contributed by atoms with E-state index in [0.717, 1.165) is 5.69 Å². The first-order valence-electron chi connectivity index (χ1n) is 8.79. The zero-order valence-corrected chi connectivity index (χ0v) is 15.1. The summed E-state index contributed by atoms with van der Waals surface area (Å²) in [5.41, 5.74) is 1.00. The molecule has 3 rings (SSSR count). The van der Waals surface area contributed by atoms with E-state index in [4.69, 9.17) is 0 Å². The molecule has 0 atom stereocenters. The predicted molar refractivity (Wildman–Crippen MR) is 98.4 cm³/mol. The van der Waals surface area contributed by atoms with Crippen LogP contribution >= 0.6 is 0 Å². The smallest absolute Gasteiger partial charge is 0.387 e. The fraction of sp³-hybridized carbons (Fsp3) is 0.316. The van der Waals surface area contributed by atoms with Gasteiger partial charge in [0.15, 0.2) is 0 Å². The standard InChI is InChI=1S/C19H20F2N4O3/c20-19(21)28-16-4-2-1-3-15(16)18(27)23-13-17(26)25-11-9-24(10-12-25)14-5-7-22-8-6-14/h1-8,19H,9-13H2,(H,23,27). The van der Waals surface area contributed by atoms with Crippen LogP contribution in [0.1, 0.15) is 10.4 Å². The summed E-state index contributed by atoms with van der Waals surface area (Å²) in [4.78, 5) is 32.4. The van der Waals surface area contributed by atoms with E-state index in [2.05, 4.69) is 19.9 Å². The highest BCUT2D eigenvalue weighted by Crippen LogP contribution is 2.20. The Hall–Kier alpha value is -3.23. The van der Waals surface area contributed by atoms with Gasteiger partial charge in [-0.15, -0.1) is 0 Å². The first-order valence-corrected chi connectivity index (χ1v) is 8.79. The topological polar surface area (TPSA) is 74.8 Å². The van der Waals surface area contributed by atoms with E-state index >= 15 is 0 Å². The van der Waals surface area contributed by atoms with Crippen LogP contribution < -0.4 is 15.0 Å². The Morgan fingerprint density at radius 2 is 1.75 bits per heavy atom. The lowest BCUT2D eigenvalue weighted by Crippen LogP contribution is -2.51. The molecule has 2 aromatic rings. The molecule has 1 N–H and O–H groups in total. The molecule has 1 aliphatic rings. The fourth-order valence-corrected chi connectivity index (χ4v) is 2.98. The summed E-state index contributed by atoms with van der Waals surface area (Å²) < 4.78 is 29.2. The molecule has 0 saturated carbocycles. The third-order valence-corrected chi connectivity index (χ3v) is 4.41. The number of rotatable bonds is 6. The number of pyridine rings is 1. The molecule has 1 saturated heterocycles. The highest BCUT2D eigenvalue weighted by atomic mass is 19.3. The summed E-state index contributed by atoms with van der Waals surface area (Å²) >= 11 is 0. The third kappa shape index (κ3) is 4.93. The normalized spacial score (nSPS) is 14.1. The number of halogens is 2. The van der Waals surface area contributed by atoms with Crippen molar-refractivity contribution in [2.24, 2.45) is 0 Å². The molecule has 0 bridgehead atoms. The molecule has 0 radical (unpaired) electrons. The minimum atomic E-state index is -3.03. The molecule has 1 fully saturated rings. The number of alkyl halides is 2. The van der Waals surface area contributed by atoms with Crippen LogP contribution in [0.5, 0.6) is 5.75 Å². The molecule has 0 aliphatic carbocycles. The van der Waals surface area contributed by atoms with Crippen molar-refractivity contribution in [3.8, 4) is 5.75 Å². The lowest BCUT2D eigenvalue weighted by Gasteiger charge is -2.36. The molecule has 1 aromatic carbocycles. The van der Waals surface area contributed by atoms with E-state index in [9.17, 15) is 18.4 Å². The van der Waals surface area contributed by atoms with E-state index in [1.807, 2.05) is 12.1 Å². The van der Waals surface area contributed by atoms with Crippen LogP contribution in [0.4, 0.5) is 14.5 Å². The van der Waals surface area contributed by atoms with E-state index < -0.39 is 12.5 Å². The lowest BCUT2D eigenvalue weighted by atomic mass is 10.2. The number of aromatic nitrogens is 1. The molecular weight excluding hydrogens is 370 g/mol. The number of hydrogen-bond donors (Lipinski definition) is 1. The Morgan fingerprint density at radius 3 is 2.43 bits per heavy atom. The number of carbonyl (C=O) groups excluding carboxylic acids is 2. The Balaban J connectivity index is 1.50. The Kier molecular flexibility index (Phi) is 6.36. The van der Waals surface area contributed by atoms with Crippen molar-refractivity contribution in [2.45, 2.75) is 6.61 Å². The average molecular weight is 390 g/mol. The molecule has 148 valence electrons. The zero-order chi connectivity index (χ0) is 19.9. The van der Waals surface area contributed by atoms with Gasteiger partial charge in [0.25, 0.3) is 5.91 Å². The molecule has 28 heavy (non-hydrogen) atoms. The van der Waals surface area contributed by atoms with E-state index in [0.29, 0.717) is 26.2 Å². The number of amides is 2. The van der Waals surface area contributed by atoms with Gasteiger partial charge in [-0.2, -0.15) is 8.78 Å². The Labute approximate surface area is 160 Å². The number of para-hydroxylation sites is 1. The number of piperazine rings is 1. The third-order valence-electron chi connectivity index (χ3n) is 4.41. The maximum absolute atomic E-state index is 12.5. The number of hydrogen-bond acceptors (Lipinski definition) is 5. The molecule has 2 heterocycles. The largest absolute Gasteiger partial charge is 0.434 e. The van der Waals surface area contributed by atoms with Gasteiger partial charge in [-0.3, -0.25) is 14.6 Å². The molecule has 1 aliphatic heterocycles. The molecule has 1 aromatic heterocycles. The highest BCUT2D eigenvalue weighted by molar-refractivity contribution is 5.98. The Morgan fingerprint density at radius 1 is 1.07 bits per heavy atom. The molecule has 9 heteroatoms. The highest BCUT2D eigenvalue weighted by Gasteiger charge is 2.22. The van der Waals surface area contributed by atoms with Crippen LogP contribution in [0.15, 0.2) is 48.8 Å². The van der Waals surface area contributed by atoms with Crippen molar-refractivity contribution in [3.05, 3.63) is 54.4 Å². The molecule has 7 nitrogen and oxygen atoms in total. The summed E-state index contributed by atoms with van der Waals surface area (Å²) in [6, 6.07) is 9.49. The second-order valence-corrected chi connectivity index (χ2v) is 6.13. The van der Waals surface area contributed by atoms with E-state index in [-0.39, 0.29) is 23.8 Å². The van der Waals surface area contributed by atoms with Gasteiger partial charge in [-0.25, -0.2) is 0 Å². The zero-order valence-electron chi connectivity index (χ0n) is 15.1. The number of nitrogens with one attached hydrogen (secondary N) is 1. The summed E-state index contributed by atoms with van der Waals surface area (Å²) in [6.45, 7) is -0.836. The summed E-state index contributed by atoms with van der Waals surface area (Å²) in [5, 5.41) is 2.48. The summed E-state index contributed by atoms with van der Waals surface area (Å²) in [5.74, 6) is -1.09. The van der Waals surface area contributed by atoms with Gasteiger partial charge >= 0.3 is 6.61 Å². The van der Waals surface area contributed by atoms with Gasteiger partial charge in [0, 0.05) is 44.3 Å². The molecular formula is C19H20F2N4O3. The molecule has 2 amide bonds. The van der Waals surface area contributed by atoms with E-state index in [1.54, 1.807) is 17.3 Å². The van der Waals surface area contributed by atoms with Crippen molar-refractivity contribution in [3.63, 3.8) is 0 Å². The number of carbonyl (C=O) groups is 2. The van der Waals surface area contributed by atoms with Crippen molar-refractivity contribution in [1.29, 1.82) is 0 Å². The van der Waals surface area contributed by atoms with Crippen LogP contribution in [-0.2, 0) is 4.79 Å². The maximum atomic E-state index is 12.5. The van der Waals surface area contributed by atoms with Gasteiger partial charge < -0.3 is 19.9 Å². The Bertz CT molecular complexity index is 812. The minimum Gasteiger partial charge on any atom is -0.434 e. The van der Waals surface area contributed by atoms with E-state index in [1.165, 1.54) is 24.3 Å². The van der Waals surface area contributed by atoms with Crippen molar-refractivity contribution in [1.82, 2.24) is 15.2 Å². The van der Waals surface area contributed by atoms with Gasteiger partial charge in [0.1, 0.15) is 5.75 Å². The van der Waals surface area contributed by atoms with Crippen molar-refractivity contribution < 1.29 is 23.1 Å². The molecule has 0 spiro atoms. The van der Waals surface area contributed by atoms with Crippen LogP contribution in [0.3, 0.4) is 0 Å². The van der Waals surface area contributed by atoms with Gasteiger partial charge in [0.2, 0.25) is 5.91 Å². The monoisotopic (exact) mass is 390 g/mol. The first-order chi connectivity index (χ1) is 13.5. The summed E-state index contributed by atoms with van der Waals surface area (Å²) in [7, 11) is 0. The second-order valence-electron chi connectivity index (χ2n) is 6.13. The number of nitrogens with zero attached hydrogens (tertiary/aromatic N) is 3. The van der Waals surface area contributed by atoms with Crippen LogP contribution in [-0.4, -0.2) is 61.0 Å². The van der Waals surface area contributed by atoms with Crippen molar-refractivity contribution >= 4 is 17.5 Å². The lowest BCUT2D eigenvalue weighted by molar-refractivity contribution is -0.130. The fourth-order valence-electron chi connectivity index (χ4n) is 2.98. The van der Waals surface area contributed by atoms with Crippen LogP contribution in [0.25, 0.3) is 0 Å². The van der Waals surface area contributed by atoms with Crippen LogP contribution in [0, 0.1) is 0 Å². The van der Waals surface area contributed by atoms with Gasteiger partial charge in [-0.05, 0) is 24.3 Å². The van der Waals surface area contributed by atoms with Gasteiger partial charge in [0.05, 0.1) is 12.1 Å². The number of ether oxygens (including phenoxy) is 1. The maximum Gasteiger partial charge on any atom is 0.387 e. The summed E-state index contributed by atoms with van der Waals surface area (Å²) in [6.07, 6.45) is 3.44. The SMILES string of the molecule is O=C(NCC(=O)N1CCN(c2ccncc2)CC1)c1ccccc1OC(F)F. The molecule has 0 unspecified atom stereocenters. The first kappa shape index (κ1) is 19.5. The van der Waals surface area contributed by atoms with Crippen LogP contribution in [0.2, 0.25) is 0 Å². The minimum absolute atomic E-state index is 0.0434. The van der Waals surface area contributed by atoms with Crippen molar-refractivity contribution in [2.75, 3.05) is 37.6 Å². The average Bonchev–Trinajstić information content (AvgIpc) is 2.72. The second kappa shape index (κ2) is 9.12. The number of benzene rings is 1.